The third-order valence-corrected chi connectivity index (χ3v) is 5.79. The molecule has 11 heteroatoms. The topological polar surface area (TPSA) is 179 Å². The maximum Gasteiger partial charge on any atom is 0.326 e. The van der Waals surface area contributed by atoms with Gasteiger partial charge in [-0.1, -0.05) is 44.2 Å². The van der Waals surface area contributed by atoms with Crippen LogP contribution in [0.1, 0.15) is 45.1 Å². The van der Waals surface area contributed by atoms with Crippen LogP contribution in [0.2, 0.25) is 0 Å². The third-order valence-electron chi connectivity index (χ3n) is 5.79. The van der Waals surface area contributed by atoms with Gasteiger partial charge in [-0.25, -0.2) is 4.79 Å². The van der Waals surface area contributed by atoms with Gasteiger partial charge < -0.3 is 31.5 Å². The molecule has 4 unspecified atom stereocenters. The second kappa shape index (κ2) is 12.8. The van der Waals surface area contributed by atoms with Crippen LogP contribution in [0, 0.1) is 5.92 Å². The van der Waals surface area contributed by atoms with E-state index in [0.717, 1.165) is 10.5 Å². The van der Waals surface area contributed by atoms with E-state index in [0.29, 0.717) is 12.8 Å². The minimum absolute atomic E-state index is 0.0856. The summed E-state index contributed by atoms with van der Waals surface area (Å²) < 4.78 is 0. The number of nitrogens with one attached hydrogen (secondary N) is 2. The van der Waals surface area contributed by atoms with E-state index in [-0.39, 0.29) is 25.3 Å². The summed E-state index contributed by atoms with van der Waals surface area (Å²) in [6.07, 6.45) is 0.456. The summed E-state index contributed by atoms with van der Waals surface area (Å²) in [5.74, 6) is -4.46. The van der Waals surface area contributed by atoms with E-state index < -0.39 is 60.2 Å². The van der Waals surface area contributed by atoms with Crippen molar-refractivity contribution in [1.29, 1.82) is 0 Å². The van der Waals surface area contributed by atoms with Gasteiger partial charge in [0.25, 0.3) is 0 Å². The molecule has 1 aromatic rings. The van der Waals surface area contributed by atoms with Gasteiger partial charge in [0.05, 0.1) is 12.5 Å². The molecule has 6 N–H and O–H groups in total. The van der Waals surface area contributed by atoms with Crippen LogP contribution in [0.15, 0.2) is 30.3 Å². The third kappa shape index (κ3) is 8.36. The zero-order valence-corrected chi connectivity index (χ0v) is 20.0. The van der Waals surface area contributed by atoms with E-state index in [9.17, 15) is 34.2 Å². The van der Waals surface area contributed by atoms with Crippen molar-refractivity contribution in [2.24, 2.45) is 11.7 Å². The minimum Gasteiger partial charge on any atom is -0.481 e. The molecule has 0 aliphatic carbocycles. The number of rotatable bonds is 12. The molecule has 1 aliphatic heterocycles. The highest BCUT2D eigenvalue weighted by atomic mass is 16.4. The van der Waals surface area contributed by atoms with Crippen LogP contribution < -0.4 is 16.4 Å². The first-order valence-electron chi connectivity index (χ1n) is 11.6. The van der Waals surface area contributed by atoms with Gasteiger partial charge in [-0.15, -0.1) is 0 Å². The predicted molar refractivity (Wildman–Crippen MR) is 126 cm³/mol. The van der Waals surface area contributed by atoms with Gasteiger partial charge in [0, 0.05) is 13.0 Å². The number of carbonyl (C=O) groups excluding carboxylic acids is 3. The van der Waals surface area contributed by atoms with Crippen LogP contribution in [0.3, 0.4) is 0 Å². The van der Waals surface area contributed by atoms with Gasteiger partial charge in [0.1, 0.15) is 18.1 Å². The summed E-state index contributed by atoms with van der Waals surface area (Å²) >= 11 is 0. The van der Waals surface area contributed by atoms with Crippen molar-refractivity contribution in [1.82, 2.24) is 15.5 Å². The molecule has 4 atom stereocenters. The first kappa shape index (κ1) is 27.8. The lowest BCUT2D eigenvalue weighted by Crippen LogP contribution is -2.58. The number of nitrogens with zero attached hydrogens (tertiary/aromatic N) is 1. The molecule has 11 nitrogen and oxygen atoms in total. The molecule has 192 valence electrons. The largest absolute Gasteiger partial charge is 0.481 e. The van der Waals surface area contributed by atoms with Crippen molar-refractivity contribution in [2.75, 3.05) is 6.54 Å². The number of aliphatic carboxylic acids is 2. The van der Waals surface area contributed by atoms with Gasteiger partial charge in [-0.2, -0.15) is 0 Å². The highest BCUT2D eigenvalue weighted by molar-refractivity contribution is 5.96. The van der Waals surface area contributed by atoms with Crippen molar-refractivity contribution in [2.45, 2.75) is 70.1 Å². The fourth-order valence-corrected chi connectivity index (χ4v) is 4.09. The number of carboxylic acids is 2. The summed E-state index contributed by atoms with van der Waals surface area (Å²) in [6.45, 7) is 3.97. The van der Waals surface area contributed by atoms with Crippen molar-refractivity contribution in [3.05, 3.63) is 35.9 Å². The monoisotopic (exact) mass is 490 g/mol. The van der Waals surface area contributed by atoms with E-state index >= 15 is 0 Å². The van der Waals surface area contributed by atoms with Crippen LogP contribution in [0.4, 0.5) is 0 Å². The number of amides is 3. The number of likely N-dealkylation sites (tertiary alicyclic amines) is 1. The summed E-state index contributed by atoms with van der Waals surface area (Å²) in [7, 11) is 0. The van der Waals surface area contributed by atoms with Gasteiger partial charge in [0.15, 0.2) is 0 Å². The Morgan fingerprint density at radius 3 is 2.23 bits per heavy atom. The lowest BCUT2D eigenvalue weighted by atomic mass is 10.0. The summed E-state index contributed by atoms with van der Waals surface area (Å²) in [5, 5.41) is 23.8. The number of carboxylic acid groups (broad SMARTS) is 2. The number of benzene rings is 1. The number of carbonyl (C=O) groups is 5. The summed E-state index contributed by atoms with van der Waals surface area (Å²) in [6, 6.07) is 4.33. The van der Waals surface area contributed by atoms with Crippen molar-refractivity contribution < 1.29 is 34.2 Å². The van der Waals surface area contributed by atoms with E-state index in [4.69, 9.17) is 5.73 Å². The molecule has 0 radical (unpaired) electrons. The number of hydrogen-bond donors (Lipinski definition) is 5. The summed E-state index contributed by atoms with van der Waals surface area (Å²) in [5.41, 5.74) is 6.70. The molecule has 1 heterocycles. The van der Waals surface area contributed by atoms with Crippen LogP contribution >= 0.6 is 0 Å². The molecule has 1 saturated heterocycles. The normalized spacial score (nSPS) is 17.9. The highest BCUT2D eigenvalue weighted by Gasteiger charge is 2.39. The molecule has 3 amide bonds. The predicted octanol–water partition coefficient (Wildman–Crippen LogP) is 0.122. The molecule has 1 fully saturated rings. The average Bonchev–Trinajstić information content (AvgIpc) is 3.28. The van der Waals surface area contributed by atoms with E-state index in [1.807, 2.05) is 13.8 Å². The lowest BCUT2D eigenvalue weighted by molar-refractivity contribution is -0.150. The maximum atomic E-state index is 13.2. The van der Waals surface area contributed by atoms with Crippen molar-refractivity contribution >= 4 is 29.7 Å². The maximum absolute atomic E-state index is 13.2. The van der Waals surface area contributed by atoms with Crippen molar-refractivity contribution in [3.63, 3.8) is 0 Å². The zero-order chi connectivity index (χ0) is 26.1. The first-order valence-corrected chi connectivity index (χ1v) is 11.6. The Morgan fingerprint density at radius 2 is 1.66 bits per heavy atom. The fraction of sp³-hybridized carbons (Fsp3) is 0.542. The molecule has 1 aromatic carbocycles. The van der Waals surface area contributed by atoms with Gasteiger partial charge in [-0.05, 0) is 30.7 Å². The zero-order valence-electron chi connectivity index (χ0n) is 20.0. The van der Waals surface area contributed by atoms with Gasteiger partial charge in [-0.3, -0.25) is 19.2 Å². The Balaban J connectivity index is 2.23. The van der Waals surface area contributed by atoms with Crippen LogP contribution in [0.5, 0.6) is 0 Å². The molecule has 1 aliphatic rings. The quantitative estimate of drug-likeness (QED) is 0.274. The number of nitrogens with two attached hydrogens (primary N) is 1. The standard InChI is InChI=1S/C24H34N4O7/c1-14(2)11-16(25)21(31)26-17(12-15-7-4-3-5-8-15)22(32)27-18(13-20(29)30)23(33)28-10-6-9-19(28)24(34)35/h3-5,7-8,14,16-19H,6,9-13,25H2,1-2H3,(H,26,31)(H,27,32)(H,29,30)(H,34,35). The van der Waals surface area contributed by atoms with Gasteiger partial charge >= 0.3 is 11.9 Å². The van der Waals surface area contributed by atoms with Gasteiger partial charge in [0.2, 0.25) is 17.7 Å². The van der Waals surface area contributed by atoms with E-state index in [1.54, 1.807) is 30.3 Å². The fourth-order valence-electron chi connectivity index (χ4n) is 4.09. The SMILES string of the molecule is CC(C)CC(N)C(=O)NC(Cc1ccccc1)C(=O)NC(CC(=O)O)C(=O)N1CCCC1C(=O)O. The van der Waals surface area contributed by atoms with E-state index in [2.05, 4.69) is 10.6 Å². The Morgan fingerprint density at radius 1 is 1.03 bits per heavy atom. The second-order valence-corrected chi connectivity index (χ2v) is 9.17. The lowest BCUT2D eigenvalue weighted by Gasteiger charge is -2.28. The molecule has 0 aromatic heterocycles. The number of hydrogen-bond acceptors (Lipinski definition) is 6. The average molecular weight is 491 g/mol. The van der Waals surface area contributed by atoms with E-state index in [1.165, 1.54) is 0 Å². The Bertz CT molecular complexity index is 922. The Labute approximate surface area is 204 Å². The van der Waals surface area contributed by atoms with Crippen LogP contribution in [0.25, 0.3) is 0 Å². The van der Waals surface area contributed by atoms with Crippen LogP contribution in [-0.4, -0.2) is 75.5 Å². The Hall–Kier alpha value is -3.47. The Kier molecular flexibility index (Phi) is 10.2. The molecule has 0 saturated carbocycles. The summed E-state index contributed by atoms with van der Waals surface area (Å²) in [4.78, 5) is 62.9. The smallest absolute Gasteiger partial charge is 0.326 e. The molecule has 35 heavy (non-hydrogen) atoms. The molecular formula is C24H34N4O7. The minimum atomic E-state index is -1.49. The molecule has 0 spiro atoms. The molecule has 0 bridgehead atoms. The first-order chi connectivity index (χ1) is 16.5. The molecule has 2 rings (SSSR count). The van der Waals surface area contributed by atoms with Crippen molar-refractivity contribution in [3.8, 4) is 0 Å². The molecular weight excluding hydrogens is 456 g/mol. The highest BCUT2D eigenvalue weighted by Crippen LogP contribution is 2.19. The van der Waals surface area contributed by atoms with Crippen LogP contribution in [-0.2, 0) is 30.4 Å². The second-order valence-electron chi connectivity index (χ2n) is 9.17.